The Morgan fingerprint density at radius 1 is 0.900 bits per heavy atom. The molecule has 0 spiro atoms. The molecule has 0 fully saturated rings. The van der Waals surface area contributed by atoms with Gasteiger partial charge in [-0.25, -0.2) is 4.98 Å². The number of hydrogen-bond acceptors (Lipinski definition) is 8. The van der Waals surface area contributed by atoms with Crippen molar-refractivity contribution in [2.24, 2.45) is 0 Å². The molecule has 8 heteroatoms. The van der Waals surface area contributed by atoms with E-state index in [0.717, 1.165) is 17.5 Å². The first-order valence-corrected chi connectivity index (χ1v) is 9.43. The number of fused-ring (bicyclic) bond motifs is 1. The number of nitrogens with one attached hydrogen (secondary N) is 1. The van der Waals surface area contributed by atoms with Crippen LogP contribution in [-0.2, 0) is 6.42 Å². The number of hydrogen-bond donors (Lipinski definition) is 1. The fraction of sp³-hybridized carbons (Fsp3) is 0.227. The van der Waals surface area contributed by atoms with Crippen molar-refractivity contribution >= 4 is 16.9 Å². The zero-order valence-electron chi connectivity index (χ0n) is 17.0. The van der Waals surface area contributed by atoms with Crippen LogP contribution < -0.4 is 19.5 Å². The van der Waals surface area contributed by atoms with E-state index in [2.05, 4.69) is 20.4 Å². The molecule has 0 aliphatic carbocycles. The summed E-state index contributed by atoms with van der Waals surface area (Å²) in [6.45, 7) is 0.651. The van der Waals surface area contributed by atoms with Crippen molar-refractivity contribution in [3.63, 3.8) is 0 Å². The Balaban J connectivity index is 1.59. The summed E-state index contributed by atoms with van der Waals surface area (Å²) in [6, 6.07) is 13.5. The summed E-state index contributed by atoms with van der Waals surface area (Å²) in [7, 11) is 4.88. The first-order chi connectivity index (χ1) is 14.7. The zero-order chi connectivity index (χ0) is 20.9. The molecule has 1 N–H and O–H groups in total. The number of ether oxygens (including phenoxy) is 3. The lowest BCUT2D eigenvalue weighted by Crippen LogP contribution is -2.07. The van der Waals surface area contributed by atoms with Gasteiger partial charge in [0.2, 0.25) is 0 Å². The fourth-order valence-electron chi connectivity index (χ4n) is 3.31. The molecule has 0 radical (unpaired) electrons. The molecule has 2 aromatic heterocycles. The van der Waals surface area contributed by atoms with Gasteiger partial charge in [-0.1, -0.05) is 23.4 Å². The van der Waals surface area contributed by atoms with Crippen molar-refractivity contribution in [2.75, 3.05) is 33.2 Å². The second-order valence-electron chi connectivity index (χ2n) is 6.50. The molecule has 0 amide bonds. The number of para-hydroxylation sites is 1. The van der Waals surface area contributed by atoms with Crippen molar-refractivity contribution in [2.45, 2.75) is 6.42 Å². The molecule has 2 aromatic carbocycles. The highest BCUT2D eigenvalue weighted by Gasteiger charge is 2.19. The Morgan fingerprint density at radius 2 is 1.70 bits per heavy atom. The molecule has 154 valence electrons. The lowest BCUT2D eigenvalue weighted by molar-refractivity contribution is 0.354. The van der Waals surface area contributed by atoms with Crippen molar-refractivity contribution in [1.82, 2.24) is 15.1 Å². The normalized spacial score (nSPS) is 10.8. The maximum Gasteiger partial charge on any atom is 0.263 e. The minimum absolute atomic E-state index is 0.416. The van der Waals surface area contributed by atoms with Crippen molar-refractivity contribution in [3.8, 4) is 28.5 Å². The van der Waals surface area contributed by atoms with Crippen LogP contribution in [0.2, 0.25) is 0 Å². The summed E-state index contributed by atoms with van der Waals surface area (Å²) in [5.41, 5.74) is 2.98. The van der Waals surface area contributed by atoms with Crippen LogP contribution in [-0.4, -0.2) is 43.0 Å². The summed E-state index contributed by atoms with van der Waals surface area (Å²) in [5.74, 6) is 2.77. The Labute approximate surface area is 173 Å². The summed E-state index contributed by atoms with van der Waals surface area (Å²) >= 11 is 0. The summed E-state index contributed by atoms with van der Waals surface area (Å²) in [6.07, 6.45) is 2.22. The number of anilines is 1. The lowest BCUT2D eigenvalue weighted by atomic mass is 10.1. The average molecular weight is 406 g/mol. The van der Waals surface area contributed by atoms with Gasteiger partial charge in [0.05, 0.1) is 21.3 Å². The fourth-order valence-corrected chi connectivity index (χ4v) is 3.31. The highest BCUT2D eigenvalue weighted by molar-refractivity contribution is 5.98. The lowest BCUT2D eigenvalue weighted by Gasteiger charge is -2.11. The van der Waals surface area contributed by atoms with Gasteiger partial charge in [0.1, 0.15) is 29.0 Å². The monoisotopic (exact) mass is 406 g/mol. The van der Waals surface area contributed by atoms with E-state index < -0.39 is 0 Å². The third kappa shape index (κ3) is 3.71. The smallest absolute Gasteiger partial charge is 0.263 e. The molecule has 0 unspecified atom stereocenters. The predicted molar refractivity (Wildman–Crippen MR) is 113 cm³/mol. The third-order valence-electron chi connectivity index (χ3n) is 4.79. The van der Waals surface area contributed by atoms with Crippen molar-refractivity contribution in [1.29, 1.82) is 0 Å². The predicted octanol–water partition coefficient (Wildman–Crippen LogP) is 3.97. The van der Waals surface area contributed by atoms with Crippen LogP contribution in [0.15, 0.2) is 53.3 Å². The van der Waals surface area contributed by atoms with Gasteiger partial charge in [0.25, 0.3) is 5.71 Å². The van der Waals surface area contributed by atoms with Crippen LogP contribution in [0.5, 0.6) is 17.2 Å². The van der Waals surface area contributed by atoms with Gasteiger partial charge in [0.15, 0.2) is 11.5 Å². The number of methoxy groups -OCH3 is 3. The van der Waals surface area contributed by atoms with E-state index in [1.807, 2.05) is 42.5 Å². The van der Waals surface area contributed by atoms with E-state index in [9.17, 15) is 0 Å². The Kier molecular flexibility index (Phi) is 5.65. The van der Waals surface area contributed by atoms with Gasteiger partial charge < -0.3 is 24.1 Å². The SMILES string of the molecule is COc1ccc(CCNc2ncnc3onc(-c4ccccc4OC)c23)cc1OC. The topological polar surface area (TPSA) is 91.5 Å². The molecule has 4 rings (SSSR count). The molecule has 0 aliphatic heterocycles. The maximum atomic E-state index is 5.47. The number of benzene rings is 2. The molecular weight excluding hydrogens is 384 g/mol. The quantitative estimate of drug-likeness (QED) is 0.470. The Bertz CT molecular complexity index is 1160. The second kappa shape index (κ2) is 8.69. The average Bonchev–Trinajstić information content (AvgIpc) is 3.23. The first kappa shape index (κ1) is 19.5. The summed E-state index contributed by atoms with van der Waals surface area (Å²) in [5, 5.41) is 8.30. The highest BCUT2D eigenvalue weighted by atomic mass is 16.5. The summed E-state index contributed by atoms with van der Waals surface area (Å²) in [4.78, 5) is 8.61. The van der Waals surface area contributed by atoms with Crippen molar-refractivity contribution < 1.29 is 18.7 Å². The van der Waals surface area contributed by atoms with Crippen molar-refractivity contribution in [3.05, 3.63) is 54.4 Å². The Hall–Kier alpha value is -3.81. The van der Waals surface area contributed by atoms with Gasteiger partial charge in [-0.3, -0.25) is 0 Å². The molecule has 8 nitrogen and oxygen atoms in total. The molecule has 0 aliphatic rings. The Morgan fingerprint density at radius 3 is 2.50 bits per heavy atom. The maximum absolute atomic E-state index is 5.47. The van der Waals surface area contributed by atoms with Crippen LogP contribution in [0.1, 0.15) is 5.56 Å². The summed E-state index contributed by atoms with van der Waals surface area (Å²) < 4.78 is 21.6. The van der Waals surface area contributed by atoms with Crippen LogP contribution in [0.25, 0.3) is 22.4 Å². The molecular formula is C22H22N4O4. The highest BCUT2D eigenvalue weighted by Crippen LogP contribution is 2.36. The van der Waals surface area contributed by atoms with E-state index in [0.29, 0.717) is 46.4 Å². The molecule has 0 bridgehead atoms. The van der Waals surface area contributed by atoms with E-state index in [-0.39, 0.29) is 0 Å². The van der Waals surface area contributed by atoms with E-state index in [4.69, 9.17) is 18.7 Å². The zero-order valence-corrected chi connectivity index (χ0v) is 17.0. The minimum Gasteiger partial charge on any atom is -0.496 e. The van der Waals surface area contributed by atoms with Crippen LogP contribution >= 0.6 is 0 Å². The molecule has 0 saturated carbocycles. The minimum atomic E-state index is 0.416. The molecule has 0 atom stereocenters. The largest absolute Gasteiger partial charge is 0.496 e. The van der Waals surface area contributed by atoms with Gasteiger partial charge in [-0.05, 0) is 36.2 Å². The van der Waals surface area contributed by atoms with Crippen LogP contribution in [0.4, 0.5) is 5.82 Å². The van der Waals surface area contributed by atoms with Crippen LogP contribution in [0, 0.1) is 0 Å². The van der Waals surface area contributed by atoms with E-state index in [1.54, 1.807) is 21.3 Å². The van der Waals surface area contributed by atoms with E-state index >= 15 is 0 Å². The standard InChI is InChI=1S/C22H22N4O4/c1-27-16-7-5-4-6-15(16)20-19-21(24-13-25-22(19)30-26-20)23-11-10-14-8-9-17(28-2)18(12-14)29-3/h4-9,12-13H,10-11H2,1-3H3,(H,23,24,25). The second-order valence-corrected chi connectivity index (χ2v) is 6.50. The molecule has 0 saturated heterocycles. The van der Waals surface area contributed by atoms with Gasteiger partial charge in [0, 0.05) is 12.1 Å². The van der Waals surface area contributed by atoms with Gasteiger partial charge >= 0.3 is 0 Å². The molecule has 4 aromatic rings. The number of aromatic nitrogens is 3. The van der Waals surface area contributed by atoms with Gasteiger partial charge in [-0.15, -0.1) is 0 Å². The molecule has 2 heterocycles. The third-order valence-corrected chi connectivity index (χ3v) is 4.79. The number of nitrogens with zero attached hydrogens (tertiary/aromatic N) is 3. The van der Waals surface area contributed by atoms with Crippen LogP contribution in [0.3, 0.4) is 0 Å². The van der Waals surface area contributed by atoms with E-state index in [1.165, 1.54) is 6.33 Å². The first-order valence-electron chi connectivity index (χ1n) is 9.43. The molecule has 30 heavy (non-hydrogen) atoms. The number of rotatable bonds is 8. The van der Waals surface area contributed by atoms with Gasteiger partial charge in [-0.2, -0.15) is 4.98 Å².